The van der Waals surface area contributed by atoms with E-state index in [1.54, 1.807) is 0 Å². The third-order valence-electron chi connectivity index (χ3n) is 3.60. The fraction of sp³-hybridized carbons (Fsp3) is 0.600. The van der Waals surface area contributed by atoms with Crippen LogP contribution in [0.5, 0.6) is 0 Å². The largest absolute Gasteiger partial charge is 0.352 e. The van der Waals surface area contributed by atoms with Crippen molar-refractivity contribution in [1.29, 1.82) is 0 Å². The second-order valence-corrected chi connectivity index (χ2v) is 5.95. The van der Waals surface area contributed by atoms with E-state index in [4.69, 9.17) is 0 Å². The Morgan fingerprint density at radius 1 is 1.20 bits per heavy atom. The van der Waals surface area contributed by atoms with E-state index >= 15 is 0 Å². The minimum Gasteiger partial charge on any atom is -0.352 e. The van der Waals surface area contributed by atoms with Crippen LogP contribution >= 0.6 is 11.3 Å². The van der Waals surface area contributed by atoms with Gasteiger partial charge in [-0.1, -0.05) is 12.8 Å². The van der Waals surface area contributed by atoms with Gasteiger partial charge in [0.25, 0.3) is 5.91 Å². The predicted octanol–water partition coefficient (Wildman–Crippen LogP) is 2.66. The summed E-state index contributed by atoms with van der Waals surface area (Å²) in [5.41, 5.74) is 0.703. The van der Waals surface area contributed by atoms with Crippen molar-refractivity contribution in [3.63, 3.8) is 0 Å². The first-order valence-corrected chi connectivity index (χ1v) is 8.30. The van der Waals surface area contributed by atoms with Crippen molar-refractivity contribution < 1.29 is 9.59 Å². The monoisotopic (exact) mass is 294 g/mol. The number of amides is 2. The van der Waals surface area contributed by atoms with Crippen LogP contribution in [0.15, 0.2) is 16.8 Å². The number of carbonyl (C=O) groups excluding carboxylic acids is 2. The van der Waals surface area contributed by atoms with Crippen LogP contribution in [0, 0.1) is 0 Å². The summed E-state index contributed by atoms with van der Waals surface area (Å²) >= 11 is 1.51. The highest BCUT2D eigenvalue weighted by Crippen LogP contribution is 2.11. The molecule has 1 aliphatic heterocycles. The first-order valence-electron chi connectivity index (χ1n) is 7.35. The van der Waals surface area contributed by atoms with Gasteiger partial charge in [0.15, 0.2) is 0 Å². The summed E-state index contributed by atoms with van der Waals surface area (Å²) in [5.74, 6) is 0.185. The number of likely N-dealkylation sites (tertiary alicyclic amines) is 1. The van der Waals surface area contributed by atoms with Crippen molar-refractivity contribution in [1.82, 2.24) is 10.2 Å². The lowest BCUT2D eigenvalue weighted by molar-refractivity contribution is -0.131. The minimum atomic E-state index is -0.0477. The van der Waals surface area contributed by atoms with Crippen LogP contribution in [0.3, 0.4) is 0 Å². The fourth-order valence-corrected chi connectivity index (χ4v) is 3.05. The molecule has 2 rings (SSSR count). The number of carbonyl (C=O) groups is 2. The normalized spacial score (nSPS) is 15.7. The van der Waals surface area contributed by atoms with E-state index < -0.39 is 0 Å². The third-order valence-corrected chi connectivity index (χ3v) is 4.28. The molecule has 20 heavy (non-hydrogen) atoms. The lowest BCUT2D eigenvalue weighted by Gasteiger charge is -2.20. The lowest BCUT2D eigenvalue weighted by atomic mass is 10.2. The van der Waals surface area contributed by atoms with Gasteiger partial charge in [-0.15, -0.1) is 0 Å². The Hall–Kier alpha value is -1.36. The lowest BCUT2D eigenvalue weighted by Crippen LogP contribution is -2.32. The Morgan fingerprint density at radius 3 is 2.60 bits per heavy atom. The number of nitrogens with one attached hydrogen (secondary N) is 1. The van der Waals surface area contributed by atoms with Crippen molar-refractivity contribution >= 4 is 23.2 Å². The molecule has 0 radical (unpaired) electrons. The van der Waals surface area contributed by atoms with Crippen molar-refractivity contribution in [2.24, 2.45) is 0 Å². The third kappa shape index (κ3) is 4.63. The Bertz CT molecular complexity index is 423. The number of hydrogen-bond acceptors (Lipinski definition) is 3. The molecule has 0 bridgehead atoms. The van der Waals surface area contributed by atoms with Gasteiger partial charge in [-0.2, -0.15) is 11.3 Å². The topological polar surface area (TPSA) is 49.4 Å². The molecule has 2 amide bonds. The Balaban J connectivity index is 1.62. The van der Waals surface area contributed by atoms with Gasteiger partial charge < -0.3 is 10.2 Å². The average molecular weight is 294 g/mol. The van der Waals surface area contributed by atoms with E-state index in [2.05, 4.69) is 5.32 Å². The smallest absolute Gasteiger partial charge is 0.252 e. The molecule has 0 atom stereocenters. The van der Waals surface area contributed by atoms with Gasteiger partial charge in [0.2, 0.25) is 5.91 Å². The van der Waals surface area contributed by atoms with Gasteiger partial charge in [-0.3, -0.25) is 9.59 Å². The molecule has 110 valence electrons. The summed E-state index contributed by atoms with van der Waals surface area (Å²) in [4.78, 5) is 25.7. The van der Waals surface area contributed by atoms with Crippen LogP contribution in [0.2, 0.25) is 0 Å². The van der Waals surface area contributed by atoms with Crippen molar-refractivity contribution in [2.75, 3.05) is 19.6 Å². The van der Waals surface area contributed by atoms with Gasteiger partial charge in [0.05, 0.1) is 0 Å². The molecule has 1 aliphatic rings. The number of nitrogens with zero attached hydrogens (tertiary/aromatic N) is 1. The highest BCUT2D eigenvalue weighted by molar-refractivity contribution is 7.08. The van der Waals surface area contributed by atoms with E-state index in [-0.39, 0.29) is 11.8 Å². The summed E-state index contributed by atoms with van der Waals surface area (Å²) in [6, 6.07) is 1.81. The highest BCUT2D eigenvalue weighted by atomic mass is 32.1. The molecular formula is C15H22N2O2S. The second kappa shape index (κ2) is 8.04. The summed E-state index contributed by atoms with van der Waals surface area (Å²) in [7, 11) is 0. The van der Waals surface area contributed by atoms with Crippen LogP contribution in [-0.4, -0.2) is 36.3 Å². The van der Waals surface area contributed by atoms with Gasteiger partial charge in [-0.05, 0) is 30.7 Å². The molecule has 0 aromatic carbocycles. The summed E-state index contributed by atoms with van der Waals surface area (Å²) < 4.78 is 0. The van der Waals surface area contributed by atoms with E-state index in [0.717, 1.165) is 25.9 Å². The molecule has 0 saturated carbocycles. The molecule has 5 heteroatoms. The van der Waals surface area contributed by atoms with Crippen molar-refractivity contribution in [3.8, 4) is 0 Å². The van der Waals surface area contributed by atoms with Crippen LogP contribution in [-0.2, 0) is 4.79 Å². The Labute approximate surface area is 124 Å². The molecule has 0 unspecified atom stereocenters. The van der Waals surface area contributed by atoms with Gasteiger partial charge in [0.1, 0.15) is 0 Å². The minimum absolute atomic E-state index is 0.0477. The quantitative estimate of drug-likeness (QED) is 0.849. The summed E-state index contributed by atoms with van der Waals surface area (Å²) in [5, 5.41) is 6.57. The first kappa shape index (κ1) is 15.0. The standard InChI is InChI=1S/C15H22N2O2S/c18-14(17-9-3-1-2-4-10-17)6-5-8-16-15(19)13-7-11-20-12-13/h7,11-12H,1-6,8-10H2,(H,16,19). The Morgan fingerprint density at radius 2 is 1.95 bits per heavy atom. The van der Waals surface area contributed by atoms with E-state index in [1.807, 2.05) is 21.7 Å². The maximum Gasteiger partial charge on any atom is 0.252 e. The molecule has 4 nitrogen and oxygen atoms in total. The molecule has 1 fully saturated rings. The SMILES string of the molecule is O=C(NCCCC(=O)N1CCCCCC1)c1ccsc1. The summed E-state index contributed by atoms with van der Waals surface area (Å²) in [6.45, 7) is 2.37. The molecule has 0 aliphatic carbocycles. The second-order valence-electron chi connectivity index (χ2n) is 5.17. The zero-order valence-electron chi connectivity index (χ0n) is 11.8. The van der Waals surface area contributed by atoms with E-state index in [1.165, 1.54) is 24.2 Å². The zero-order chi connectivity index (χ0) is 14.2. The molecule has 1 saturated heterocycles. The maximum atomic E-state index is 12.0. The Kier molecular flexibility index (Phi) is 6.05. The first-order chi connectivity index (χ1) is 9.77. The fourth-order valence-electron chi connectivity index (χ4n) is 2.42. The molecule has 1 aromatic heterocycles. The molecule has 2 heterocycles. The summed E-state index contributed by atoms with van der Waals surface area (Å²) in [6.07, 6.45) is 5.97. The zero-order valence-corrected chi connectivity index (χ0v) is 12.6. The molecule has 1 N–H and O–H groups in total. The number of thiophene rings is 1. The van der Waals surface area contributed by atoms with Crippen LogP contribution < -0.4 is 5.32 Å². The van der Waals surface area contributed by atoms with E-state index in [9.17, 15) is 9.59 Å². The van der Waals surface area contributed by atoms with Gasteiger partial charge >= 0.3 is 0 Å². The molecule has 0 spiro atoms. The highest BCUT2D eigenvalue weighted by Gasteiger charge is 2.14. The van der Waals surface area contributed by atoms with Gasteiger partial charge in [0, 0.05) is 37.0 Å². The number of rotatable bonds is 5. The number of hydrogen-bond donors (Lipinski definition) is 1. The molecular weight excluding hydrogens is 272 g/mol. The van der Waals surface area contributed by atoms with Gasteiger partial charge in [-0.25, -0.2) is 0 Å². The average Bonchev–Trinajstić information content (AvgIpc) is 2.85. The van der Waals surface area contributed by atoms with Crippen LogP contribution in [0.4, 0.5) is 0 Å². The van der Waals surface area contributed by atoms with Crippen molar-refractivity contribution in [3.05, 3.63) is 22.4 Å². The van der Waals surface area contributed by atoms with Crippen LogP contribution in [0.1, 0.15) is 48.9 Å². The van der Waals surface area contributed by atoms with E-state index in [0.29, 0.717) is 24.9 Å². The maximum absolute atomic E-state index is 12.0. The van der Waals surface area contributed by atoms with Crippen LogP contribution in [0.25, 0.3) is 0 Å². The predicted molar refractivity (Wildman–Crippen MR) is 80.9 cm³/mol. The van der Waals surface area contributed by atoms with Crippen molar-refractivity contribution in [2.45, 2.75) is 38.5 Å². The molecule has 1 aromatic rings.